The van der Waals surface area contributed by atoms with Crippen LogP contribution in [0.15, 0.2) is 6.33 Å². The molecule has 0 aliphatic rings. The van der Waals surface area contributed by atoms with E-state index in [1.807, 2.05) is 0 Å². The van der Waals surface area contributed by atoms with Gasteiger partial charge in [0.25, 0.3) is 0 Å². The summed E-state index contributed by atoms with van der Waals surface area (Å²) in [5.41, 5.74) is 5.09. The van der Waals surface area contributed by atoms with Crippen molar-refractivity contribution in [1.82, 2.24) is 9.97 Å². The first-order chi connectivity index (χ1) is 9.69. The molecule has 4 N–H and O–H groups in total. The third kappa shape index (κ3) is 5.29. The molecule has 7 heteroatoms. The van der Waals surface area contributed by atoms with E-state index in [1.165, 1.54) is 6.33 Å². The second-order valence-corrected chi connectivity index (χ2v) is 4.38. The summed E-state index contributed by atoms with van der Waals surface area (Å²) >= 11 is 0. The molecule has 112 valence electrons. The molecule has 0 aromatic carbocycles. The Morgan fingerprint density at radius 2 is 1.90 bits per heavy atom. The van der Waals surface area contributed by atoms with Gasteiger partial charge in [-0.3, -0.25) is 4.79 Å². The van der Waals surface area contributed by atoms with E-state index < -0.39 is 0 Å². The highest BCUT2D eigenvalue weighted by Gasteiger charge is 2.11. The van der Waals surface area contributed by atoms with Gasteiger partial charge < -0.3 is 21.1 Å². The lowest BCUT2D eigenvalue weighted by molar-refractivity contribution is -0.118. The Labute approximate surface area is 119 Å². The lowest BCUT2D eigenvalue weighted by Gasteiger charge is -2.13. The van der Waals surface area contributed by atoms with Crippen LogP contribution in [0.25, 0.3) is 0 Å². The molecule has 0 aliphatic heterocycles. The van der Waals surface area contributed by atoms with Crippen LogP contribution in [-0.2, 0) is 4.79 Å². The Kier molecular flexibility index (Phi) is 7.16. The van der Waals surface area contributed by atoms with Crippen LogP contribution in [0.5, 0.6) is 5.75 Å². The van der Waals surface area contributed by atoms with Gasteiger partial charge in [0, 0.05) is 19.5 Å². The highest BCUT2D eigenvalue weighted by molar-refractivity contribution is 5.73. The van der Waals surface area contributed by atoms with Crippen molar-refractivity contribution in [3.8, 4) is 5.75 Å². The van der Waals surface area contributed by atoms with E-state index in [0.717, 1.165) is 25.8 Å². The summed E-state index contributed by atoms with van der Waals surface area (Å²) in [6, 6.07) is 0. The molecule has 0 saturated heterocycles. The number of unbranched alkanes of at least 4 members (excludes halogenated alkanes) is 1. The van der Waals surface area contributed by atoms with Crippen LogP contribution < -0.4 is 21.1 Å². The summed E-state index contributed by atoms with van der Waals surface area (Å²) in [7, 11) is 1.59. The SMILES string of the molecule is CCCNc1ncnc(NCCCCC(N)=O)c1OC. The number of methoxy groups -OCH3 is 1. The van der Waals surface area contributed by atoms with Crippen LogP contribution in [0.1, 0.15) is 32.6 Å². The van der Waals surface area contributed by atoms with Gasteiger partial charge in [-0.2, -0.15) is 0 Å². The van der Waals surface area contributed by atoms with Crippen LogP contribution in [0.3, 0.4) is 0 Å². The van der Waals surface area contributed by atoms with E-state index in [1.54, 1.807) is 7.11 Å². The number of carbonyl (C=O) groups excluding carboxylic acids is 1. The van der Waals surface area contributed by atoms with Gasteiger partial charge >= 0.3 is 0 Å². The Hall–Kier alpha value is -2.05. The van der Waals surface area contributed by atoms with Gasteiger partial charge in [0.2, 0.25) is 11.7 Å². The maximum absolute atomic E-state index is 10.6. The second kappa shape index (κ2) is 8.95. The first-order valence-corrected chi connectivity index (χ1v) is 6.84. The minimum Gasteiger partial charge on any atom is -0.490 e. The normalized spacial score (nSPS) is 10.1. The van der Waals surface area contributed by atoms with E-state index in [-0.39, 0.29) is 5.91 Å². The molecule has 0 fully saturated rings. The van der Waals surface area contributed by atoms with E-state index in [2.05, 4.69) is 27.5 Å². The van der Waals surface area contributed by atoms with Crippen molar-refractivity contribution in [2.24, 2.45) is 5.73 Å². The van der Waals surface area contributed by atoms with Crippen LogP contribution in [-0.4, -0.2) is 36.1 Å². The zero-order valence-electron chi connectivity index (χ0n) is 12.1. The monoisotopic (exact) mass is 281 g/mol. The average Bonchev–Trinajstić information content (AvgIpc) is 2.44. The van der Waals surface area contributed by atoms with Crippen LogP contribution in [0.4, 0.5) is 11.6 Å². The van der Waals surface area contributed by atoms with Crippen molar-refractivity contribution in [3.05, 3.63) is 6.33 Å². The molecule has 0 radical (unpaired) electrons. The number of nitrogens with one attached hydrogen (secondary N) is 2. The number of rotatable bonds is 10. The lowest BCUT2D eigenvalue weighted by atomic mass is 10.2. The number of amides is 1. The molecule has 0 aliphatic carbocycles. The Bertz CT molecular complexity index is 425. The molecule has 0 spiro atoms. The summed E-state index contributed by atoms with van der Waals surface area (Å²) in [5.74, 6) is 1.68. The molecule has 20 heavy (non-hydrogen) atoms. The van der Waals surface area contributed by atoms with Crippen molar-refractivity contribution in [3.63, 3.8) is 0 Å². The molecule has 1 amide bonds. The van der Waals surface area contributed by atoms with E-state index in [0.29, 0.717) is 30.4 Å². The molecule has 1 aromatic heterocycles. The topological polar surface area (TPSA) is 102 Å². The van der Waals surface area contributed by atoms with Crippen molar-refractivity contribution in [2.45, 2.75) is 32.6 Å². The third-order valence-electron chi connectivity index (χ3n) is 2.69. The number of primary amides is 1. The van der Waals surface area contributed by atoms with Gasteiger partial charge in [-0.25, -0.2) is 9.97 Å². The Morgan fingerprint density at radius 1 is 1.25 bits per heavy atom. The van der Waals surface area contributed by atoms with Crippen molar-refractivity contribution >= 4 is 17.5 Å². The first-order valence-electron chi connectivity index (χ1n) is 6.84. The lowest BCUT2D eigenvalue weighted by Crippen LogP contribution is -2.12. The summed E-state index contributed by atoms with van der Waals surface area (Å²) in [6.07, 6.45) is 4.51. The molecule has 1 heterocycles. The zero-order valence-corrected chi connectivity index (χ0v) is 12.1. The fourth-order valence-electron chi connectivity index (χ4n) is 1.69. The van der Waals surface area contributed by atoms with Gasteiger partial charge in [-0.15, -0.1) is 0 Å². The van der Waals surface area contributed by atoms with Crippen LogP contribution in [0.2, 0.25) is 0 Å². The quantitative estimate of drug-likeness (QED) is 0.560. The van der Waals surface area contributed by atoms with Gasteiger partial charge in [0.1, 0.15) is 6.33 Å². The summed E-state index contributed by atoms with van der Waals surface area (Å²) in [5, 5.41) is 6.38. The fourth-order valence-corrected chi connectivity index (χ4v) is 1.69. The predicted molar refractivity (Wildman–Crippen MR) is 78.9 cm³/mol. The molecule has 1 rings (SSSR count). The molecule has 7 nitrogen and oxygen atoms in total. The number of carbonyl (C=O) groups is 1. The number of nitrogens with zero attached hydrogens (tertiary/aromatic N) is 2. The van der Waals surface area contributed by atoms with Gasteiger partial charge in [-0.1, -0.05) is 6.92 Å². The summed E-state index contributed by atoms with van der Waals surface area (Å²) in [6.45, 7) is 3.61. The number of hydrogen-bond donors (Lipinski definition) is 3. The minimum atomic E-state index is -0.268. The number of anilines is 2. The molecular formula is C13H23N5O2. The highest BCUT2D eigenvalue weighted by Crippen LogP contribution is 2.28. The molecule has 0 bridgehead atoms. The van der Waals surface area contributed by atoms with Crippen molar-refractivity contribution in [2.75, 3.05) is 30.8 Å². The number of nitrogens with two attached hydrogens (primary N) is 1. The average molecular weight is 281 g/mol. The molecule has 0 atom stereocenters. The molecular weight excluding hydrogens is 258 g/mol. The standard InChI is InChI=1S/C13H23N5O2/c1-3-7-15-12-11(20-2)13(18-9-17-12)16-8-5-4-6-10(14)19/h9H,3-8H2,1-2H3,(H2,14,19)(H2,15,16,17,18). The molecule has 0 saturated carbocycles. The van der Waals surface area contributed by atoms with Crippen molar-refractivity contribution < 1.29 is 9.53 Å². The van der Waals surface area contributed by atoms with Gasteiger partial charge in [0.05, 0.1) is 7.11 Å². The summed E-state index contributed by atoms with van der Waals surface area (Å²) < 4.78 is 5.34. The van der Waals surface area contributed by atoms with Crippen LogP contribution in [0, 0.1) is 0 Å². The first kappa shape index (κ1) is 16.0. The van der Waals surface area contributed by atoms with Gasteiger partial charge in [-0.05, 0) is 19.3 Å². The van der Waals surface area contributed by atoms with Crippen LogP contribution >= 0.6 is 0 Å². The number of hydrogen-bond acceptors (Lipinski definition) is 6. The molecule has 1 aromatic rings. The Morgan fingerprint density at radius 3 is 2.45 bits per heavy atom. The van der Waals surface area contributed by atoms with E-state index in [4.69, 9.17) is 10.5 Å². The number of aromatic nitrogens is 2. The van der Waals surface area contributed by atoms with Gasteiger partial charge in [0.15, 0.2) is 11.6 Å². The zero-order chi connectivity index (χ0) is 14.8. The fraction of sp³-hybridized carbons (Fsp3) is 0.615. The third-order valence-corrected chi connectivity index (χ3v) is 2.69. The smallest absolute Gasteiger partial charge is 0.217 e. The van der Waals surface area contributed by atoms with E-state index in [9.17, 15) is 4.79 Å². The summed E-state index contributed by atoms with van der Waals surface area (Å²) in [4.78, 5) is 19.0. The Balaban J connectivity index is 2.53. The second-order valence-electron chi connectivity index (χ2n) is 4.38. The molecule has 0 unspecified atom stereocenters. The largest absolute Gasteiger partial charge is 0.490 e. The number of ether oxygens (including phenoxy) is 1. The van der Waals surface area contributed by atoms with Crippen molar-refractivity contribution in [1.29, 1.82) is 0 Å². The van der Waals surface area contributed by atoms with E-state index >= 15 is 0 Å². The maximum Gasteiger partial charge on any atom is 0.217 e. The predicted octanol–water partition coefficient (Wildman–Crippen LogP) is 1.37. The minimum absolute atomic E-state index is 0.268. The maximum atomic E-state index is 10.6. The highest BCUT2D eigenvalue weighted by atomic mass is 16.5.